The first-order chi connectivity index (χ1) is 40.1. The van der Waals surface area contributed by atoms with E-state index in [2.05, 4.69) is 86.8 Å². The van der Waals surface area contributed by atoms with Crippen LogP contribution in [0.1, 0.15) is 316 Å². The van der Waals surface area contributed by atoms with Gasteiger partial charge in [-0.2, -0.15) is 0 Å². The Morgan fingerprint density at radius 3 is 1.04 bits per heavy atom. The normalized spacial score (nSPS) is 13.1. The predicted octanol–water partition coefficient (Wildman–Crippen LogP) is 20.0. The molecule has 0 saturated carbocycles. The molecule has 0 radical (unpaired) electrons. The van der Waals surface area contributed by atoms with Crippen molar-refractivity contribution in [3.63, 3.8) is 0 Å². The summed E-state index contributed by atoms with van der Waals surface area (Å²) >= 11 is 0. The molecule has 0 rings (SSSR count). The molecule has 0 aliphatic carbocycles. The lowest BCUT2D eigenvalue weighted by atomic mass is 10.0. The monoisotopic (exact) mass is 1150 g/mol. The van der Waals surface area contributed by atoms with Gasteiger partial charge in [0.25, 0.3) is 0 Å². The van der Waals surface area contributed by atoms with Crippen LogP contribution < -0.4 is 5.11 Å². The quantitative estimate of drug-likeness (QED) is 0.0195. The van der Waals surface area contributed by atoms with Crippen molar-refractivity contribution in [2.45, 2.75) is 328 Å². The van der Waals surface area contributed by atoms with Gasteiger partial charge in [-0.05, 0) is 64.2 Å². The molecule has 0 aromatic carbocycles. The number of esters is 2. The van der Waals surface area contributed by atoms with Crippen LogP contribution in [0.25, 0.3) is 0 Å². The van der Waals surface area contributed by atoms with Crippen molar-refractivity contribution in [1.82, 2.24) is 0 Å². The van der Waals surface area contributed by atoms with Crippen LogP contribution in [0.3, 0.4) is 0 Å². The minimum absolute atomic E-state index is 0.144. The number of aliphatic carboxylic acids is 1. The number of rotatable bonds is 64. The van der Waals surface area contributed by atoms with Gasteiger partial charge >= 0.3 is 11.9 Å². The third-order valence-electron chi connectivity index (χ3n) is 15.2. The van der Waals surface area contributed by atoms with Gasteiger partial charge in [0.2, 0.25) is 0 Å². The van der Waals surface area contributed by atoms with Crippen LogP contribution in [0, 0.1) is 0 Å². The van der Waals surface area contributed by atoms with Gasteiger partial charge in [-0.3, -0.25) is 9.59 Å². The summed E-state index contributed by atoms with van der Waals surface area (Å²) in [4.78, 5) is 37.5. The van der Waals surface area contributed by atoms with Gasteiger partial charge in [-0.1, -0.05) is 311 Å². The van der Waals surface area contributed by atoms with Gasteiger partial charge in [0.15, 0.2) is 12.4 Å². The van der Waals surface area contributed by atoms with E-state index in [0.717, 1.165) is 83.5 Å². The molecule has 0 heterocycles. The molecule has 0 bridgehead atoms. The van der Waals surface area contributed by atoms with E-state index in [1.165, 1.54) is 199 Å². The summed E-state index contributed by atoms with van der Waals surface area (Å²) in [6.07, 6.45) is 81.3. The SMILES string of the molecule is CC/C=C\C/C=C\C/C=C\C/C=C\C/C=C\C/C=C\CCCCCCCCCCC(=O)OC(COC(=O)CCCCCCCCCCCCCCCCCCCCCCCCCCCCCCCC)COC(OCC[N+](C)(C)C)C(=O)[O-]. The Labute approximate surface area is 507 Å². The van der Waals surface area contributed by atoms with Crippen molar-refractivity contribution in [2.24, 2.45) is 0 Å². The van der Waals surface area contributed by atoms with Crippen molar-refractivity contribution in [1.29, 1.82) is 0 Å². The van der Waals surface area contributed by atoms with Crippen LogP contribution in [0.15, 0.2) is 72.9 Å². The summed E-state index contributed by atoms with van der Waals surface area (Å²) in [5.41, 5.74) is 0. The first-order valence-electron chi connectivity index (χ1n) is 34.6. The number of likely N-dealkylation sites (N-methyl/N-ethyl adjacent to an activating group) is 1. The zero-order valence-corrected chi connectivity index (χ0v) is 54.4. The minimum atomic E-state index is -1.63. The predicted molar refractivity (Wildman–Crippen MR) is 348 cm³/mol. The number of carbonyl (C=O) groups excluding carboxylic acids is 3. The van der Waals surface area contributed by atoms with Gasteiger partial charge < -0.3 is 33.3 Å². The second-order valence-electron chi connectivity index (χ2n) is 24.4. The molecular formula is C73H131NO8. The van der Waals surface area contributed by atoms with E-state index in [4.69, 9.17) is 18.9 Å². The highest BCUT2D eigenvalue weighted by Gasteiger charge is 2.22. The number of nitrogens with zero attached hydrogens (tertiary/aromatic N) is 1. The standard InChI is InChI=1S/C73H131NO8/c1-6-8-10-12-14-16-18-20-22-24-26-28-30-32-34-35-36-38-39-41-43-45-47-49-51-53-55-57-59-61-63-70(75)80-67-69(68-81-73(72(77)78)79-66-65-74(3,4)5)82-71(76)64-62-60-58-56-54-52-50-48-46-44-42-40-37-33-31-29-27-25-23-21-19-17-15-13-11-9-7-2/h9,11,15,17,21,23,27,29,33,37,42,44,69,73H,6-8,10,12-14,16,18-20,22,24-26,28,30-32,34-36,38-41,43,45-68H2,1-5H3/b11-9-,17-15-,23-21-,29-27-,37-33-,44-42-. The Bertz CT molecular complexity index is 1570. The third-order valence-corrected chi connectivity index (χ3v) is 15.2. The summed E-state index contributed by atoms with van der Waals surface area (Å²) in [5.74, 6) is -2.28. The van der Waals surface area contributed by atoms with E-state index < -0.39 is 24.3 Å². The third kappa shape index (κ3) is 64.3. The van der Waals surface area contributed by atoms with Gasteiger partial charge in [0.1, 0.15) is 13.2 Å². The molecule has 0 aromatic heterocycles. The molecule has 2 unspecified atom stereocenters. The fourth-order valence-corrected chi connectivity index (χ4v) is 9.96. The van der Waals surface area contributed by atoms with Crippen molar-refractivity contribution in [2.75, 3.05) is 47.5 Å². The van der Waals surface area contributed by atoms with Crippen molar-refractivity contribution < 1.29 is 42.9 Å². The first-order valence-corrected chi connectivity index (χ1v) is 34.6. The molecule has 0 N–H and O–H groups in total. The molecule has 9 heteroatoms. The Kier molecular flexibility index (Phi) is 61.2. The van der Waals surface area contributed by atoms with Crippen LogP contribution >= 0.6 is 0 Å². The lowest BCUT2D eigenvalue weighted by molar-refractivity contribution is -0.870. The van der Waals surface area contributed by atoms with Gasteiger partial charge in [-0.15, -0.1) is 0 Å². The maximum Gasteiger partial charge on any atom is 0.306 e. The second-order valence-corrected chi connectivity index (χ2v) is 24.4. The van der Waals surface area contributed by atoms with Gasteiger partial charge in [0.05, 0.1) is 40.3 Å². The smallest absolute Gasteiger partial charge is 0.306 e. The zero-order chi connectivity index (χ0) is 59.8. The number of carboxylic acid groups (broad SMARTS) is 1. The Hall–Kier alpha value is -3.27. The highest BCUT2D eigenvalue weighted by Crippen LogP contribution is 2.18. The van der Waals surface area contributed by atoms with Crippen LogP contribution in [0.2, 0.25) is 0 Å². The van der Waals surface area contributed by atoms with Crippen LogP contribution in [0.5, 0.6) is 0 Å². The fraction of sp³-hybridized carbons (Fsp3) is 0.795. The molecule has 0 saturated heterocycles. The van der Waals surface area contributed by atoms with Gasteiger partial charge in [0, 0.05) is 12.8 Å². The lowest BCUT2D eigenvalue weighted by Crippen LogP contribution is -2.44. The molecule has 82 heavy (non-hydrogen) atoms. The number of quaternary nitrogens is 1. The maximum atomic E-state index is 12.9. The molecule has 2 atom stereocenters. The number of ether oxygens (including phenoxy) is 4. The zero-order valence-electron chi connectivity index (χ0n) is 54.4. The average molecular weight is 1150 g/mol. The largest absolute Gasteiger partial charge is 0.545 e. The van der Waals surface area contributed by atoms with Gasteiger partial charge in [-0.25, -0.2) is 0 Å². The second kappa shape index (κ2) is 63.7. The molecule has 0 aliphatic rings. The number of carbonyl (C=O) groups is 3. The molecular weight excluding hydrogens is 1020 g/mol. The topological polar surface area (TPSA) is 111 Å². The van der Waals surface area contributed by atoms with Crippen molar-refractivity contribution in [3.05, 3.63) is 72.9 Å². The highest BCUT2D eigenvalue weighted by molar-refractivity contribution is 5.70. The minimum Gasteiger partial charge on any atom is -0.545 e. The molecule has 0 amide bonds. The lowest BCUT2D eigenvalue weighted by Gasteiger charge is -2.26. The fourth-order valence-electron chi connectivity index (χ4n) is 9.96. The van der Waals surface area contributed by atoms with E-state index in [-0.39, 0.29) is 32.2 Å². The summed E-state index contributed by atoms with van der Waals surface area (Å²) in [6, 6.07) is 0. The number of allylic oxidation sites excluding steroid dienone is 12. The van der Waals surface area contributed by atoms with E-state index in [9.17, 15) is 19.5 Å². The molecule has 0 aliphatic heterocycles. The van der Waals surface area contributed by atoms with Crippen LogP contribution in [-0.4, -0.2) is 82.3 Å². The van der Waals surface area contributed by atoms with Crippen molar-refractivity contribution >= 4 is 17.9 Å². The highest BCUT2D eigenvalue weighted by atomic mass is 16.7. The number of hydrogen-bond donors (Lipinski definition) is 0. The van der Waals surface area contributed by atoms with Crippen LogP contribution in [0.4, 0.5) is 0 Å². The average Bonchev–Trinajstić information content (AvgIpc) is 3.45. The number of unbranched alkanes of at least 4 members (excludes halogenated alkanes) is 37. The number of carboxylic acids is 1. The Morgan fingerprint density at radius 2 is 0.695 bits per heavy atom. The Morgan fingerprint density at radius 1 is 0.378 bits per heavy atom. The van der Waals surface area contributed by atoms with Crippen molar-refractivity contribution in [3.8, 4) is 0 Å². The molecule has 0 spiro atoms. The summed E-state index contributed by atoms with van der Waals surface area (Å²) in [6.45, 7) is 4.67. The molecule has 0 fully saturated rings. The maximum absolute atomic E-state index is 12.9. The van der Waals surface area contributed by atoms with E-state index in [0.29, 0.717) is 23.9 Å². The number of hydrogen-bond acceptors (Lipinski definition) is 8. The molecule has 476 valence electrons. The Balaban J connectivity index is 4.12. The van der Waals surface area contributed by atoms with Crippen LogP contribution in [-0.2, 0) is 33.3 Å². The summed E-state index contributed by atoms with van der Waals surface area (Å²) < 4.78 is 22.8. The van der Waals surface area contributed by atoms with E-state index >= 15 is 0 Å². The summed E-state index contributed by atoms with van der Waals surface area (Å²) in [5, 5.41) is 11.8. The molecule has 0 aromatic rings. The van der Waals surface area contributed by atoms with E-state index in [1.807, 2.05) is 21.1 Å². The summed E-state index contributed by atoms with van der Waals surface area (Å²) in [7, 11) is 5.93. The van der Waals surface area contributed by atoms with E-state index in [1.54, 1.807) is 0 Å². The first kappa shape index (κ1) is 78.7. The molecule has 9 nitrogen and oxygen atoms in total.